The number of benzene rings is 3. The smallest absolute Gasteiger partial charge is 0.251 e. The average Bonchev–Trinajstić information content (AvgIpc) is 3.21. The van der Waals surface area contributed by atoms with E-state index >= 15 is 0 Å². The predicted octanol–water partition coefficient (Wildman–Crippen LogP) is 5.66. The molecule has 6 nitrogen and oxygen atoms in total. The van der Waals surface area contributed by atoms with Gasteiger partial charge in [0.2, 0.25) is 0 Å². The molecule has 0 bridgehead atoms. The number of carbonyl (C=O) groups excluding carboxylic acids is 1. The standard InChI is InChI=1S/C26H26ClN3O3/c1-18(28-26(31)19-7-5-8-22(17-19)32-2)25-29-23-9-3-4-10-24(23)30(25)15-6-16-33-21-13-11-20(27)12-14-21/h3-5,7-14,17-18H,6,15-16H2,1-2H3,(H,28,31). The summed E-state index contributed by atoms with van der Waals surface area (Å²) in [7, 11) is 1.58. The third kappa shape index (κ3) is 5.46. The number of fused-ring (bicyclic) bond motifs is 1. The molecule has 0 saturated heterocycles. The maximum atomic E-state index is 12.8. The molecule has 4 aromatic rings. The van der Waals surface area contributed by atoms with Crippen LogP contribution in [-0.4, -0.2) is 29.2 Å². The van der Waals surface area contributed by atoms with Crippen molar-refractivity contribution in [3.8, 4) is 11.5 Å². The zero-order valence-electron chi connectivity index (χ0n) is 18.6. The van der Waals surface area contributed by atoms with Gasteiger partial charge in [-0.2, -0.15) is 0 Å². The van der Waals surface area contributed by atoms with E-state index in [4.69, 9.17) is 26.1 Å². The first-order chi connectivity index (χ1) is 16.0. The molecule has 0 aliphatic rings. The molecule has 0 spiro atoms. The first-order valence-electron chi connectivity index (χ1n) is 10.8. The van der Waals surface area contributed by atoms with Crippen LogP contribution in [0, 0.1) is 0 Å². The second kappa shape index (κ2) is 10.4. The van der Waals surface area contributed by atoms with E-state index in [1.807, 2.05) is 61.5 Å². The highest BCUT2D eigenvalue weighted by Gasteiger charge is 2.19. The van der Waals surface area contributed by atoms with Gasteiger partial charge in [0.25, 0.3) is 5.91 Å². The van der Waals surface area contributed by atoms with Gasteiger partial charge in [-0.15, -0.1) is 0 Å². The minimum atomic E-state index is -0.284. The normalized spacial score (nSPS) is 11.8. The Balaban J connectivity index is 1.47. The molecule has 1 aromatic heterocycles. The van der Waals surface area contributed by atoms with E-state index in [0.717, 1.165) is 29.0 Å². The number of amides is 1. The van der Waals surface area contributed by atoms with Gasteiger partial charge in [0.15, 0.2) is 0 Å². The molecule has 1 heterocycles. The highest BCUT2D eigenvalue weighted by Crippen LogP contribution is 2.22. The summed E-state index contributed by atoms with van der Waals surface area (Å²) in [5.41, 5.74) is 2.47. The van der Waals surface area contributed by atoms with E-state index in [0.29, 0.717) is 29.5 Å². The van der Waals surface area contributed by atoms with Crippen LogP contribution in [0.1, 0.15) is 35.6 Å². The van der Waals surface area contributed by atoms with Gasteiger partial charge in [-0.1, -0.05) is 29.8 Å². The zero-order valence-corrected chi connectivity index (χ0v) is 19.4. The number of aryl methyl sites for hydroxylation is 1. The molecule has 1 N–H and O–H groups in total. The first-order valence-corrected chi connectivity index (χ1v) is 11.2. The number of nitrogens with one attached hydrogen (secondary N) is 1. The fraction of sp³-hybridized carbons (Fsp3) is 0.231. The second-order valence-electron chi connectivity index (χ2n) is 7.69. The summed E-state index contributed by atoms with van der Waals surface area (Å²) in [6, 6.07) is 22.1. The number of hydrogen-bond acceptors (Lipinski definition) is 4. The number of rotatable bonds is 9. The SMILES string of the molecule is COc1cccc(C(=O)NC(C)c2nc3ccccc3n2CCCOc2ccc(Cl)cc2)c1. The van der Waals surface area contributed by atoms with Crippen molar-refractivity contribution >= 4 is 28.5 Å². The maximum Gasteiger partial charge on any atom is 0.251 e. The van der Waals surface area contributed by atoms with Crippen LogP contribution in [0.3, 0.4) is 0 Å². The minimum absolute atomic E-state index is 0.175. The number of aromatic nitrogens is 2. The van der Waals surface area contributed by atoms with Crippen molar-refractivity contribution in [1.82, 2.24) is 14.9 Å². The van der Waals surface area contributed by atoms with Gasteiger partial charge in [-0.3, -0.25) is 4.79 Å². The molecule has 0 radical (unpaired) electrons. The summed E-state index contributed by atoms with van der Waals surface area (Å²) >= 11 is 5.93. The summed E-state index contributed by atoms with van der Waals surface area (Å²) in [5, 5.41) is 3.75. The molecule has 0 fully saturated rings. The van der Waals surface area contributed by atoms with Crippen molar-refractivity contribution < 1.29 is 14.3 Å². The van der Waals surface area contributed by atoms with E-state index in [-0.39, 0.29) is 11.9 Å². The van der Waals surface area contributed by atoms with Crippen molar-refractivity contribution in [3.63, 3.8) is 0 Å². The number of methoxy groups -OCH3 is 1. The molecule has 7 heteroatoms. The second-order valence-corrected chi connectivity index (χ2v) is 8.13. The molecular weight excluding hydrogens is 438 g/mol. The van der Waals surface area contributed by atoms with E-state index in [1.165, 1.54) is 0 Å². The van der Waals surface area contributed by atoms with Crippen molar-refractivity contribution in [1.29, 1.82) is 0 Å². The number of carbonyl (C=O) groups is 1. The topological polar surface area (TPSA) is 65.4 Å². The summed E-state index contributed by atoms with van der Waals surface area (Å²) in [5.74, 6) is 2.06. The summed E-state index contributed by atoms with van der Waals surface area (Å²) in [4.78, 5) is 17.6. The van der Waals surface area contributed by atoms with Gasteiger partial charge in [0.1, 0.15) is 17.3 Å². The Kier molecular flexibility index (Phi) is 7.15. The lowest BCUT2D eigenvalue weighted by Crippen LogP contribution is -2.29. The molecule has 0 aliphatic carbocycles. The van der Waals surface area contributed by atoms with Crippen LogP contribution in [0.25, 0.3) is 11.0 Å². The number of halogens is 1. The van der Waals surface area contributed by atoms with Gasteiger partial charge in [-0.05, 0) is 67.9 Å². The first kappa shape index (κ1) is 22.7. The van der Waals surface area contributed by atoms with Gasteiger partial charge in [0, 0.05) is 17.1 Å². The summed E-state index contributed by atoms with van der Waals surface area (Å²) in [6.07, 6.45) is 0.784. The fourth-order valence-corrected chi connectivity index (χ4v) is 3.84. The predicted molar refractivity (Wildman–Crippen MR) is 130 cm³/mol. The van der Waals surface area contributed by atoms with Crippen molar-refractivity contribution in [2.75, 3.05) is 13.7 Å². The third-order valence-corrected chi connectivity index (χ3v) is 5.61. The summed E-state index contributed by atoms with van der Waals surface area (Å²) in [6.45, 7) is 3.21. The Morgan fingerprint density at radius 3 is 2.64 bits per heavy atom. The van der Waals surface area contributed by atoms with Crippen LogP contribution >= 0.6 is 11.6 Å². The number of hydrogen-bond donors (Lipinski definition) is 1. The number of nitrogens with zero attached hydrogens (tertiary/aromatic N) is 2. The van der Waals surface area contributed by atoms with Gasteiger partial charge < -0.3 is 19.4 Å². The van der Waals surface area contributed by atoms with Crippen LogP contribution in [0.2, 0.25) is 5.02 Å². The van der Waals surface area contributed by atoms with Crippen molar-refractivity contribution in [2.45, 2.75) is 25.9 Å². The number of imidazole rings is 1. The molecule has 3 aromatic carbocycles. The Morgan fingerprint density at radius 1 is 1.06 bits per heavy atom. The molecule has 0 saturated carbocycles. The van der Waals surface area contributed by atoms with Crippen LogP contribution in [0.15, 0.2) is 72.8 Å². The average molecular weight is 464 g/mol. The number of ether oxygens (including phenoxy) is 2. The van der Waals surface area contributed by atoms with Crippen LogP contribution in [-0.2, 0) is 6.54 Å². The van der Waals surface area contributed by atoms with Crippen LogP contribution in [0.4, 0.5) is 0 Å². The van der Waals surface area contributed by atoms with Crippen molar-refractivity contribution in [2.24, 2.45) is 0 Å². The van der Waals surface area contributed by atoms with Gasteiger partial charge in [-0.25, -0.2) is 4.98 Å². The minimum Gasteiger partial charge on any atom is -0.497 e. The fourth-order valence-electron chi connectivity index (χ4n) is 3.71. The Hall–Kier alpha value is -3.51. The van der Waals surface area contributed by atoms with Crippen LogP contribution in [0.5, 0.6) is 11.5 Å². The molecule has 1 atom stereocenters. The molecular formula is C26H26ClN3O3. The highest BCUT2D eigenvalue weighted by atomic mass is 35.5. The lowest BCUT2D eigenvalue weighted by Gasteiger charge is -2.17. The highest BCUT2D eigenvalue weighted by molar-refractivity contribution is 6.30. The van der Waals surface area contributed by atoms with Gasteiger partial charge >= 0.3 is 0 Å². The quantitative estimate of drug-likeness (QED) is 0.325. The molecule has 170 valence electrons. The van der Waals surface area contributed by atoms with Gasteiger partial charge in [0.05, 0.1) is 30.8 Å². The van der Waals surface area contributed by atoms with Crippen LogP contribution < -0.4 is 14.8 Å². The largest absolute Gasteiger partial charge is 0.497 e. The Bertz CT molecular complexity index is 1240. The van der Waals surface area contributed by atoms with E-state index < -0.39 is 0 Å². The monoisotopic (exact) mass is 463 g/mol. The molecule has 1 unspecified atom stereocenters. The van der Waals surface area contributed by atoms with E-state index in [2.05, 4.69) is 9.88 Å². The zero-order chi connectivity index (χ0) is 23.2. The summed E-state index contributed by atoms with van der Waals surface area (Å²) < 4.78 is 13.2. The van der Waals surface area contributed by atoms with Crippen molar-refractivity contribution in [3.05, 3.63) is 89.2 Å². The third-order valence-electron chi connectivity index (χ3n) is 5.36. The molecule has 0 aliphatic heterocycles. The number of para-hydroxylation sites is 2. The van der Waals surface area contributed by atoms with E-state index in [1.54, 1.807) is 25.3 Å². The maximum absolute atomic E-state index is 12.8. The molecule has 33 heavy (non-hydrogen) atoms. The Labute approximate surface area is 198 Å². The molecule has 4 rings (SSSR count). The van der Waals surface area contributed by atoms with E-state index in [9.17, 15) is 4.79 Å². The Morgan fingerprint density at radius 2 is 1.85 bits per heavy atom. The lowest BCUT2D eigenvalue weighted by atomic mass is 10.2. The molecule has 1 amide bonds. The lowest BCUT2D eigenvalue weighted by molar-refractivity contribution is 0.0937.